The van der Waals surface area contributed by atoms with Crippen LogP contribution in [0.1, 0.15) is 13.3 Å². The van der Waals surface area contributed by atoms with Gasteiger partial charge in [0.15, 0.2) is 5.82 Å². The number of hydrogen-bond acceptors (Lipinski definition) is 4. The highest BCUT2D eigenvalue weighted by molar-refractivity contribution is 7.13. The Labute approximate surface area is 109 Å². The molecule has 0 aliphatic heterocycles. The molecule has 0 atom stereocenters. The Morgan fingerprint density at radius 1 is 1.28 bits per heavy atom. The van der Waals surface area contributed by atoms with Crippen molar-refractivity contribution in [3.63, 3.8) is 0 Å². The largest absolute Gasteiger partial charge is 0.324 e. The van der Waals surface area contributed by atoms with E-state index >= 15 is 0 Å². The smallest absolute Gasteiger partial charge is 0.153 e. The zero-order valence-corrected chi connectivity index (χ0v) is 10.9. The number of rotatable bonds is 4. The third-order valence-corrected chi connectivity index (χ3v) is 3.60. The van der Waals surface area contributed by atoms with Crippen molar-refractivity contribution >= 4 is 33.3 Å². The summed E-state index contributed by atoms with van der Waals surface area (Å²) in [6.07, 6.45) is 2.88. The summed E-state index contributed by atoms with van der Waals surface area (Å²) in [5, 5.41) is 8.82. The summed E-state index contributed by atoms with van der Waals surface area (Å²) in [6, 6.07) is 10.2. The molecular formula is C13H14N4S. The van der Waals surface area contributed by atoms with Gasteiger partial charge in [0.05, 0.1) is 10.9 Å². The van der Waals surface area contributed by atoms with E-state index in [0.29, 0.717) is 0 Å². The zero-order chi connectivity index (χ0) is 12.4. The van der Waals surface area contributed by atoms with Gasteiger partial charge in [0.1, 0.15) is 5.82 Å². The number of aryl methyl sites for hydroxylation is 1. The molecule has 0 amide bonds. The topological polar surface area (TPSA) is 42.7 Å². The molecule has 2 heterocycles. The fraction of sp³-hybridized carbons (Fsp3) is 0.231. The molecule has 0 aliphatic rings. The number of nitrogens with one attached hydrogen (secondary N) is 1. The van der Waals surface area contributed by atoms with Crippen molar-refractivity contribution in [2.75, 3.05) is 5.32 Å². The number of benzene rings is 1. The minimum absolute atomic E-state index is 0.911. The van der Waals surface area contributed by atoms with E-state index in [2.05, 4.69) is 33.8 Å². The number of anilines is 2. The first-order valence-corrected chi connectivity index (χ1v) is 6.79. The molecule has 18 heavy (non-hydrogen) atoms. The van der Waals surface area contributed by atoms with Gasteiger partial charge in [-0.3, -0.25) is 0 Å². The Morgan fingerprint density at radius 3 is 3.06 bits per heavy atom. The van der Waals surface area contributed by atoms with Crippen LogP contribution in [0.25, 0.3) is 10.1 Å². The molecule has 0 spiro atoms. The van der Waals surface area contributed by atoms with E-state index < -0.39 is 0 Å². The molecule has 0 saturated carbocycles. The van der Waals surface area contributed by atoms with E-state index in [1.807, 2.05) is 29.1 Å². The quantitative estimate of drug-likeness (QED) is 0.776. The molecule has 0 aliphatic carbocycles. The summed E-state index contributed by atoms with van der Waals surface area (Å²) < 4.78 is 7.62. The molecule has 4 nitrogen and oxygen atoms in total. The molecular weight excluding hydrogens is 244 g/mol. The lowest BCUT2D eigenvalue weighted by Gasteiger charge is -2.06. The van der Waals surface area contributed by atoms with Gasteiger partial charge < -0.3 is 5.32 Å². The maximum Gasteiger partial charge on any atom is 0.153 e. The number of fused-ring (bicyclic) bond motifs is 1. The van der Waals surface area contributed by atoms with E-state index in [1.54, 1.807) is 0 Å². The van der Waals surface area contributed by atoms with Crippen LogP contribution in [0.2, 0.25) is 0 Å². The maximum absolute atomic E-state index is 4.46. The predicted molar refractivity (Wildman–Crippen MR) is 75.4 cm³/mol. The minimum Gasteiger partial charge on any atom is -0.324 e. The van der Waals surface area contributed by atoms with Gasteiger partial charge in [-0.05, 0) is 30.1 Å². The van der Waals surface area contributed by atoms with E-state index in [9.17, 15) is 0 Å². The highest BCUT2D eigenvalue weighted by Gasteiger charge is 2.08. The van der Waals surface area contributed by atoms with Crippen molar-refractivity contribution in [3.8, 4) is 0 Å². The minimum atomic E-state index is 0.911. The Kier molecular flexibility index (Phi) is 2.98. The molecule has 0 unspecified atom stereocenters. The first-order chi connectivity index (χ1) is 8.88. The van der Waals surface area contributed by atoms with E-state index in [4.69, 9.17) is 0 Å². The summed E-state index contributed by atoms with van der Waals surface area (Å²) >= 11 is 1.51. The summed E-state index contributed by atoms with van der Waals surface area (Å²) in [4.78, 5) is 0. The Morgan fingerprint density at radius 2 is 2.17 bits per heavy atom. The van der Waals surface area contributed by atoms with Gasteiger partial charge in [-0.25, -0.2) is 4.68 Å². The van der Waals surface area contributed by atoms with Crippen LogP contribution >= 0.6 is 11.5 Å². The van der Waals surface area contributed by atoms with Gasteiger partial charge >= 0.3 is 0 Å². The molecule has 3 rings (SSSR count). The van der Waals surface area contributed by atoms with Crippen LogP contribution < -0.4 is 5.32 Å². The van der Waals surface area contributed by atoms with Crippen molar-refractivity contribution in [1.29, 1.82) is 0 Å². The average Bonchev–Trinajstić information content (AvgIpc) is 2.99. The molecule has 5 heteroatoms. The molecule has 0 fully saturated rings. The van der Waals surface area contributed by atoms with Gasteiger partial charge in [-0.2, -0.15) is 9.47 Å². The molecule has 0 radical (unpaired) electrons. The number of hydrogen-bond donors (Lipinski definition) is 1. The van der Waals surface area contributed by atoms with Crippen LogP contribution in [0.15, 0.2) is 36.5 Å². The first-order valence-electron chi connectivity index (χ1n) is 6.01. The van der Waals surface area contributed by atoms with Crippen LogP contribution in [0.4, 0.5) is 11.6 Å². The SMILES string of the molecule is CCCn1nccc1Nc1nsc2ccccc12. The Bertz CT molecular complexity index is 656. The third kappa shape index (κ3) is 1.97. The predicted octanol–water partition coefficient (Wildman–Crippen LogP) is 3.65. The molecule has 0 bridgehead atoms. The second-order valence-electron chi connectivity index (χ2n) is 4.09. The number of nitrogens with zero attached hydrogens (tertiary/aromatic N) is 3. The molecule has 3 aromatic rings. The third-order valence-electron chi connectivity index (χ3n) is 2.78. The summed E-state index contributed by atoms with van der Waals surface area (Å²) in [5.41, 5.74) is 0. The molecule has 92 valence electrons. The van der Waals surface area contributed by atoms with Crippen molar-refractivity contribution in [3.05, 3.63) is 36.5 Å². The lowest BCUT2D eigenvalue weighted by Crippen LogP contribution is -2.04. The fourth-order valence-electron chi connectivity index (χ4n) is 1.93. The second kappa shape index (κ2) is 4.78. The molecule has 1 aromatic carbocycles. The van der Waals surface area contributed by atoms with Crippen LogP contribution in [-0.4, -0.2) is 14.2 Å². The first kappa shape index (κ1) is 11.2. The maximum atomic E-state index is 4.46. The summed E-state index contributed by atoms with van der Waals surface area (Å²) in [7, 11) is 0. The molecule has 1 N–H and O–H groups in total. The van der Waals surface area contributed by atoms with E-state index in [-0.39, 0.29) is 0 Å². The van der Waals surface area contributed by atoms with E-state index in [1.165, 1.54) is 16.2 Å². The summed E-state index contributed by atoms with van der Waals surface area (Å²) in [6.45, 7) is 3.06. The van der Waals surface area contributed by atoms with Gasteiger partial charge in [-0.1, -0.05) is 19.1 Å². The van der Waals surface area contributed by atoms with Crippen molar-refractivity contribution in [1.82, 2.24) is 14.2 Å². The van der Waals surface area contributed by atoms with Crippen molar-refractivity contribution in [2.24, 2.45) is 0 Å². The second-order valence-corrected chi connectivity index (χ2v) is 4.90. The summed E-state index contributed by atoms with van der Waals surface area (Å²) in [5.74, 6) is 1.90. The van der Waals surface area contributed by atoms with Gasteiger partial charge in [0.2, 0.25) is 0 Å². The van der Waals surface area contributed by atoms with Gasteiger partial charge in [-0.15, -0.1) is 0 Å². The number of aromatic nitrogens is 3. The molecule has 0 saturated heterocycles. The fourth-order valence-corrected chi connectivity index (χ4v) is 2.66. The van der Waals surface area contributed by atoms with Gasteiger partial charge in [0, 0.05) is 18.0 Å². The highest BCUT2D eigenvalue weighted by Crippen LogP contribution is 2.28. The Balaban J connectivity index is 1.94. The van der Waals surface area contributed by atoms with Gasteiger partial charge in [0.25, 0.3) is 0 Å². The standard InChI is InChI=1S/C13H14N4S/c1-2-9-17-12(7-8-14-17)15-13-10-5-3-4-6-11(10)18-16-13/h3-8H,2,9H2,1H3,(H,15,16). The van der Waals surface area contributed by atoms with E-state index in [0.717, 1.165) is 30.0 Å². The van der Waals surface area contributed by atoms with Crippen molar-refractivity contribution < 1.29 is 0 Å². The zero-order valence-electron chi connectivity index (χ0n) is 10.1. The lowest BCUT2D eigenvalue weighted by molar-refractivity contribution is 0.610. The van der Waals surface area contributed by atoms with Crippen LogP contribution in [0.3, 0.4) is 0 Å². The normalized spacial score (nSPS) is 10.9. The Hall–Kier alpha value is -1.88. The average molecular weight is 258 g/mol. The monoisotopic (exact) mass is 258 g/mol. The lowest BCUT2D eigenvalue weighted by atomic mass is 10.2. The van der Waals surface area contributed by atoms with Crippen LogP contribution in [0, 0.1) is 0 Å². The molecule has 2 aromatic heterocycles. The van der Waals surface area contributed by atoms with Crippen LogP contribution in [-0.2, 0) is 6.54 Å². The van der Waals surface area contributed by atoms with Crippen molar-refractivity contribution in [2.45, 2.75) is 19.9 Å². The highest BCUT2D eigenvalue weighted by atomic mass is 32.1. The van der Waals surface area contributed by atoms with Crippen LogP contribution in [0.5, 0.6) is 0 Å².